The van der Waals surface area contributed by atoms with E-state index in [1.54, 1.807) is 7.11 Å². The Morgan fingerprint density at radius 3 is 2.90 bits per heavy atom. The summed E-state index contributed by atoms with van der Waals surface area (Å²) in [4.78, 5) is 17.9. The van der Waals surface area contributed by atoms with Crippen LogP contribution in [0.2, 0.25) is 0 Å². The van der Waals surface area contributed by atoms with Gasteiger partial charge in [-0.15, -0.1) is 0 Å². The Balaban J connectivity index is 2.15. The monoisotopic (exact) mass is 294 g/mol. The van der Waals surface area contributed by atoms with Gasteiger partial charge in [0.05, 0.1) is 31.9 Å². The summed E-state index contributed by atoms with van der Waals surface area (Å²) in [6.07, 6.45) is 0. The van der Waals surface area contributed by atoms with Gasteiger partial charge in [0.15, 0.2) is 0 Å². The van der Waals surface area contributed by atoms with Crippen LogP contribution in [0.1, 0.15) is 18.3 Å². The standard InChI is InChI=1S/C15H22N2O4/c1-4-17(14-9-21-8-13(14)15(18)19)7-11-6-12(20-3)5-10(2)16-11/h5-6,13-14H,4,7-9H2,1-3H3,(H,18,19). The van der Waals surface area contributed by atoms with Gasteiger partial charge >= 0.3 is 5.97 Å². The molecule has 0 radical (unpaired) electrons. The zero-order valence-corrected chi connectivity index (χ0v) is 12.7. The van der Waals surface area contributed by atoms with Crippen LogP contribution in [0, 0.1) is 12.8 Å². The molecule has 1 aliphatic rings. The third kappa shape index (κ3) is 3.71. The Hall–Kier alpha value is -1.66. The van der Waals surface area contributed by atoms with E-state index in [1.165, 1.54) is 0 Å². The maximum absolute atomic E-state index is 11.3. The minimum absolute atomic E-state index is 0.110. The van der Waals surface area contributed by atoms with Gasteiger partial charge in [-0.1, -0.05) is 6.92 Å². The summed E-state index contributed by atoms with van der Waals surface area (Å²) in [5.41, 5.74) is 1.77. The zero-order valence-electron chi connectivity index (χ0n) is 12.7. The fraction of sp³-hybridized carbons (Fsp3) is 0.600. The summed E-state index contributed by atoms with van der Waals surface area (Å²) in [5, 5.41) is 9.28. The molecule has 0 aliphatic carbocycles. The van der Waals surface area contributed by atoms with Crippen molar-refractivity contribution in [2.24, 2.45) is 5.92 Å². The number of rotatable bonds is 6. The smallest absolute Gasteiger partial charge is 0.310 e. The van der Waals surface area contributed by atoms with E-state index in [1.807, 2.05) is 26.0 Å². The van der Waals surface area contributed by atoms with Crippen molar-refractivity contribution in [3.05, 3.63) is 23.5 Å². The third-order valence-corrected chi connectivity index (χ3v) is 3.82. The Kier molecular flexibility index (Phi) is 5.14. The van der Waals surface area contributed by atoms with Crippen molar-refractivity contribution in [1.82, 2.24) is 9.88 Å². The lowest BCUT2D eigenvalue weighted by atomic mass is 10.0. The summed E-state index contributed by atoms with van der Waals surface area (Å²) >= 11 is 0. The van der Waals surface area contributed by atoms with Gasteiger partial charge in [0.2, 0.25) is 0 Å². The van der Waals surface area contributed by atoms with E-state index in [-0.39, 0.29) is 12.6 Å². The Morgan fingerprint density at radius 2 is 2.29 bits per heavy atom. The second-order valence-corrected chi connectivity index (χ2v) is 5.25. The largest absolute Gasteiger partial charge is 0.497 e. The van der Waals surface area contributed by atoms with Crippen LogP contribution in [0.3, 0.4) is 0 Å². The number of carboxylic acids is 1. The number of methoxy groups -OCH3 is 1. The van der Waals surface area contributed by atoms with Gasteiger partial charge in [-0.05, 0) is 13.5 Å². The summed E-state index contributed by atoms with van der Waals surface area (Å²) < 4.78 is 10.6. The van der Waals surface area contributed by atoms with Gasteiger partial charge in [0, 0.05) is 30.4 Å². The number of pyridine rings is 1. The first-order valence-corrected chi connectivity index (χ1v) is 7.11. The normalized spacial score (nSPS) is 21.7. The first kappa shape index (κ1) is 15.7. The number of nitrogens with zero attached hydrogens (tertiary/aromatic N) is 2. The van der Waals surface area contributed by atoms with Gasteiger partial charge in [-0.25, -0.2) is 0 Å². The molecule has 6 nitrogen and oxygen atoms in total. The maximum atomic E-state index is 11.3. The van der Waals surface area contributed by atoms with Crippen LogP contribution in [0.15, 0.2) is 12.1 Å². The van der Waals surface area contributed by atoms with E-state index in [9.17, 15) is 9.90 Å². The van der Waals surface area contributed by atoms with E-state index < -0.39 is 11.9 Å². The highest BCUT2D eigenvalue weighted by Crippen LogP contribution is 2.22. The van der Waals surface area contributed by atoms with Gasteiger partial charge in [-0.3, -0.25) is 14.7 Å². The minimum atomic E-state index is -0.800. The fourth-order valence-electron chi connectivity index (χ4n) is 2.71. The van der Waals surface area contributed by atoms with E-state index in [4.69, 9.17) is 9.47 Å². The van der Waals surface area contributed by atoms with Crippen LogP contribution in [0.25, 0.3) is 0 Å². The number of hydrogen-bond donors (Lipinski definition) is 1. The number of carbonyl (C=O) groups is 1. The number of aromatic nitrogens is 1. The van der Waals surface area contributed by atoms with Crippen molar-refractivity contribution < 1.29 is 19.4 Å². The molecule has 0 aromatic carbocycles. The number of aliphatic carboxylic acids is 1. The van der Waals surface area contributed by atoms with E-state index in [0.717, 1.165) is 23.7 Å². The summed E-state index contributed by atoms with van der Waals surface area (Å²) in [6.45, 7) is 6.00. The molecule has 2 atom stereocenters. The van der Waals surface area contributed by atoms with Gasteiger partial charge in [0.25, 0.3) is 0 Å². The second kappa shape index (κ2) is 6.87. The number of likely N-dealkylation sites (N-methyl/N-ethyl adjacent to an activating group) is 1. The third-order valence-electron chi connectivity index (χ3n) is 3.82. The Bertz CT molecular complexity index is 506. The fourth-order valence-corrected chi connectivity index (χ4v) is 2.71. The van der Waals surface area contributed by atoms with Crippen LogP contribution in [0.5, 0.6) is 5.75 Å². The number of ether oxygens (including phenoxy) is 2. The lowest BCUT2D eigenvalue weighted by Crippen LogP contribution is -2.42. The van der Waals surface area contributed by atoms with E-state index in [2.05, 4.69) is 9.88 Å². The molecule has 0 saturated carbocycles. The lowest BCUT2D eigenvalue weighted by molar-refractivity contribution is -0.143. The molecule has 1 aliphatic heterocycles. The van der Waals surface area contributed by atoms with Crippen LogP contribution >= 0.6 is 0 Å². The SMILES string of the molecule is CCN(Cc1cc(OC)cc(C)n1)C1COCC1C(=O)O. The highest BCUT2D eigenvalue weighted by atomic mass is 16.5. The molecule has 0 amide bonds. The summed E-state index contributed by atoms with van der Waals surface area (Å²) in [6, 6.07) is 3.65. The second-order valence-electron chi connectivity index (χ2n) is 5.25. The number of hydrogen-bond acceptors (Lipinski definition) is 5. The van der Waals surface area contributed by atoms with Crippen LogP contribution < -0.4 is 4.74 Å². The van der Waals surface area contributed by atoms with Crippen molar-refractivity contribution in [2.45, 2.75) is 26.4 Å². The van der Waals surface area contributed by atoms with Crippen molar-refractivity contribution >= 4 is 5.97 Å². The van der Waals surface area contributed by atoms with Gasteiger partial charge in [0.1, 0.15) is 5.75 Å². The van der Waals surface area contributed by atoms with Gasteiger partial charge in [-0.2, -0.15) is 0 Å². The summed E-state index contributed by atoms with van der Waals surface area (Å²) in [7, 11) is 1.63. The highest BCUT2D eigenvalue weighted by Gasteiger charge is 2.37. The molecule has 1 N–H and O–H groups in total. The predicted octanol–water partition coefficient (Wildman–Crippen LogP) is 1.32. The van der Waals surface area contributed by atoms with Crippen molar-refractivity contribution in [3.8, 4) is 5.75 Å². The molecule has 1 fully saturated rings. The molecule has 1 aromatic rings. The lowest BCUT2D eigenvalue weighted by Gasteiger charge is -2.28. The molecule has 0 bridgehead atoms. The van der Waals surface area contributed by atoms with Crippen LogP contribution in [-0.2, 0) is 16.1 Å². The van der Waals surface area contributed by atoms with E-state index >= 15 is 0 Å². The Labute approximate surface area is 124 Å². The van der Waals surface area contributed by atoms with Gasteiger partial charge < -0.3 is 14.6 Å². The molecule has 1 aromatic heterocycles. The first-order valence-electron chi connectivity index (χ1n) is 7.11. The topological polar surface area (TPSA) is 71.9 Å². The molecule has 2 heterocycles. The first-order chi connectivity index (χ1) is 10.0. The molecular formula is C15H22N2O4. The molecule has 2 rings (SSSR count). The molecule has 21 heavy (non-hydrogen) atoms. The predicted molar refractivity (Wildman–Crippen MR) is 77.3 cm³/mol. The minimum Gasteiger partial charge on any atom is -0.497 e. The average Bonchev–Trinajstić information content (AvgIpc) is 2.93. The van der Waals surface area contributed by atoms with Crippen molar-refractivity contribution in [2.75, 3.05) is 26.9 Å². The number of aryl methyl sites for hydroxylation is 1. The highest BCUT2D eigenvalue weighted by molar-refractivity contribution is 5.71. The van der Waals surface area contributed by atoms with Crippen LogP contribution in [0.4, 0.5) is 0 Å². The molecule has 2 unspecified atom stereocenters. The van der Waals surface area contributed by atoms with E-state index in [0.29, 0.717) is 13.2 Å². The van der Waals surface area contributed by atoms with Crippen molar-refractivity contribution in [3.63, 3.8) is 0 Å². The molecule has 0 spiro atoms. The number of carboxylic acid groups (broad SMARTS) is 1. The molecule has 116 valence electrons. The summed E-state index contributed by atoms with van der Waals surface area (Å²) in [5.74, 6) is -0.506. The van der Waals surface area contributed by atoms with Crippen molar-refractivity contribution in [1.29, 1.82) is 0 Å². The van der Waals surface area contributed by atoms with Crippen LogP contribution in [-0.4, -0.2) is 53.9 Å². The molecular weight excluding hydrogens is 272 g/mol. The maximum Gasteiger partial charge on any atom is 0.310 e. The molecule has 6 heteroatoms. The zero-order chi connectivity index (χ0) is 15.4. The molecule has 1 saturated heterocycles. The quantitative estimate of drug-likeness (QED) is 0.853. The Morgan fingerprint density at radius 1 is 1.52 bits per heavy atom. The average molecular weight is 294 g/mol.